The Balaban J connectivity index is 1.89. The van der Waals surface area contributed by atoms with E-state index in [9.17, 15) is 5.11 Å². The highest BCUT2D eigenvalue weighted by Gasteiger charge is 2.15. The van der Waals surface area contributed by atoms with Crippen LogP contribution in [0.5, 0.6) is 0 Å². The number of fused-ring (bicyclic) bond motifs is 1. The van der Waals surface area contributed by atoms with Crippen molar-refractivity contribution >= 4 is 42.8 Å². The summed E-state index contributed by atoms with van der Waals surface area (Å²) >= 11 is 6.82. The summed E-state index contributed by atoms with van der Waals surface area (Å²) in [6.45, 7) is 0. The van der Waals surface area contributed by atoms with Gasteiger partial charge < -0.3 is 9.52 Å². The summed E-state index contributed by atoms with van der Waals surface area (Å²) in [5, 5.41) is 11.3. The average molecular weight is 397 g/mol. The van der Waals surface area contributed by atoms with Gasteiger partial charge in [0.25, 0.3) is 0 Å². The highest BCUT2D eigenvalue weighted by molar-refractivity contribution is 9.11. The van der Waals surface area contributed by atoms with Crippen LogP contribution in [-0.2, 0) is 6.42 Å². The number of furan rings is 1. The first-order chi connectivity index (χ1) is 9.63. The summed E-state index contributed by atoms with van der Waals surface area (Å²) in [5.41, 5.74) is 1.71. The molecule has 0 radical (unpaired) electrons. The maximum Gasteiger partial charge on any atom is 0.148 e. The second kappa shape index (κ2) is 5.68. The number of nitrogens with zero attached hydrogens (tertiary/aromatic N) is 1. The molecule has 0 bridgehead atoms. The highest BCUT2D eigenvalue weighted by atomic mass is 79.9. The Morgan fingerprint density at radius 2 is 2.05 bits per heavy atom. The van der Waals surface area contributed by atoms with Crippen molar-refractivity contribution in [3.8, 4) is 0 Å². The van der Waals surface area contributed by atoms with Crippen LogP contribution in [0.15, 0.2) is 56.1 Å². The number of aliphatic hydroxyl groups is 1. The van der Waals surface area contributed by atoms with E-state index in [1.54, 1.807) is 12.4 Å². The molecular weight excluding hydrogens is 386 g/mol. The van der Waals surface area contributed by atoms with Gasteiger partial charge in [-0.3, -0.25) is 4.98 Å². The molecule has 2 aromatic heterocycles. The third-order valence-electron chi connectivity index (χ3n) is 3.03. The molecule has 3 rings (SSSR count). The number of rotatable bonds is 3. The number of benzene rings is 1. The minimum Gasteiger partial charge on any atom is -0.457 e. The Kier molecular flexibility index (Phi) is 3.92. The Labute approximate surface area is 132 Å². The first-order valence-corrected chi connectivity index (χ1v) is 7.67. The molecule has 102 valence electrons. The zero-order valence-electron chi connectivity index (χ0n) is 10.4. The lowest BCUT2D eigenvalue weighted by atomic mass is 10.1. The lowest BCUT2D eigenvalue weighted by Crippen LogP contribution is -2.00. The summed E-state index contributed by atoms with van der Waals surface area (Å²) in [6, 6.07) is 9.63. The predicted octanol–water partition coefficient (Wildman–Crippen LogP) is 4.63. The fourth-order valence-corrected chi connectivity index (χ4v) is 2.98. The van der Waals surface area contributed by atoms with Crippen molar-refractivity contribution in [1.29, 1.82) is 0 Å². The molecule has 3 aromatic rings. The van der Waals surface area contributed by atoms with Crippen LogP contribution in [0.1, 0.15) is 17.4 Å². The Hall–Kier alpha value is -1.17. The zero-order valence-corrected chi connectivity index (χ0v) is 13.6. The molecule has 1 atom stereocenters. The molecule has 20 heavy (non-hydrogen) atoms. The van der Waals surface area contributed by atoms with E-state index in [0.717, 1.165) is 25.5 Å². The van der Waals surface area contributed by atoms with Gasteiger partial charge in [-0.1, -0.05) is 12.1 Å². The molecule has 0 fully saturated rings. The number of hydrogen-bond acceptors (Lipinski definition) is 3. The number of aliphatic hydroxyl groups excluding tert-OH is 1. The molecular formula is C15H11Br2NO2. The van der Waals surface area contributed by atoms with Gasteiger partial charge in [0.1, 0.15) is 17.4 Å². The predicted molar refractivity (Wildman–Crippen MR) is 84.5 cm³/mol. The molecule has 0 saturated heterocycles. The van der Waals surface area contributed by atoms with E-state index in [2.05, 4.69) is 36.8 Å². The second-order valence-electron chi connectivity index (χ2n) is 4.54. The Bertz CT molecular complexity index is 754. The largest absolute Gasteiger partial charge is 0.457 e. The molecule has 5 heteroatoms. The SMILES string of the molecule is OC(Cc1cncc(Br)c1)c1cc2cccc(Br)c2o1. The molecule has 0 spiro atoms. The van der Waals surface area contributed by atoms with Gasteiger partial charge in [-0.25, -0.2) is 0 Å². The maximum atomic E-state index is 10.3. The van der Waals surface area contributed by atoms with Crippen LogP contribution in [0.3, 0.4) is 0 Å². The molecule has 1 unspecified atom stereocenters. The van der Waals surface area contributed by atoms with Gasteiger partial charge in [0.2, 0.25) is 0 Å². The number of aromatic nitrogens is 1. The van der Waals surface area contributed by atoms with Gasteiger partial charge in [0, 0.05) is 28.7 Å². The van der Waals surface area contributed by atoms with Crippen LogP contribution in [-0.4, -0.2) is 10.1 Å². The van der Waals surface area contributed by atoms with E-state index in [1.807, 2.05) is 30.3 Å². The molecule has 0 aliphatic rings. The second-order valence-corrected chi connectivity index (χ2v) is 6.31. The Morgan fingerprint density at radius 3 is 2.80 bits per heavy atom. The van der Waals surface area contributed by atoms with Crippen LogP contribution >= 0.6 is 31.9 Å². The van der Waals surface area contributed by atoms with Gasteiger partial charge in [-0.15, -0.1) is 0 Å². The summed E-state index contributed by atoms with van der Waals surface area (Å²) in [7, 11) is 0. The van der Waals surface area contributed by atoms with Crippen LogP contribution in [0.2, 0.25) is 0 Å². The van der Waals surface area contributed by atoms with Crippen molar-refractivity contribution in [2.24, 2.45) is 0 Å². The minimum atomic E-state index is -0.689. The van der Waals surface area contributed by atoms with E-state index in [0.29, 0.717) is 12.2 Å². The first kappa shape index (κ1) is 13.8. The smallest absolute Gasteiger partial charge is 0.148 e. The van der Waals surface area contributed by atoms with E-state index < -0.39 is 6.10 Å². The van der Waals surface area contributed by atoms with Crippen molar-refractivity contribution in [2.45, 2.75) is 12.5 Å². The van der Waals surface area contributed by atoms with Crippen LogP contribution in [0, 0.1) is 0 Å². The highest BCUT2D eigenvalue weighted by Crippen LogP contribution is 2.30. The van der Waals surface area contributed by atoms with Crippen molar-refractivity contribution in [1.82, 2.24) is 4.98 Å². The monoisotopic (exact) mass is 395 g/mol. The van der Waals surface area contributed by atoms with E-state index >= 15 is 0 Å². The molecule has 1 N–H and O–H groups in total. The van der Waals surface area contributed by atoms with Gasteiger partial charge >= 0.3 is 0 Å². The molecule has 1 aromatic carbocycles. The summed E-state index contributed by atoms with van der Waals surface area (Å²) < 4.78 is 7.52. The average Bonchev–Trinajstić information content (AvgIpc) is 2.84. The lowest BCUT2D eigenvalue weighted by molar-refractivity contribution is 0.152. The maximum absolute atomic E-state index is 10.3. The fourth-order valence-electron chi connectivity index (χ4n) is 2.10. The molecule has 0 amide bonds. The number of para-hydroxylation sites is 1. The first-order valence-electron chi connectivity index (χ1n) is 6.09. The van der Waals surface area contributed by atoms with Crippen molar-refractivity contribution in [3.63, 3.8) is 0 Å². The van der Waals surface area contributed by atoms with Gasteiger partial charge in [0.15, 0.2) is 0 Å². The van der Waals surface area contributed by atoms with E-state index in [1.165, 1.54) is 0 Å². The van der Waals surface area contributed by atoms with E-state index in [4.69, 9.17) is 4.42 Å². The summed E-state index contributed by atoms with van der Waals surface area (Å²) in [4.78, 5) is 4.09. The van der Waals surface area contributed by atoms with Gasteiger partial charge in [-0.05, 0) is 55.6 Å². The van der Waals surface area contributed by atoms with Crippen LogP contribution < -0.4 is 0 Å². The normalized spacial score (nSPS) is 12.8. The molecule has 3 nitrogen and oxygen atoms in total. The number of pyridine rings is 1. The van der Waals surface area contributed by atoms with Crippen molar-refractivity contribution < 1.29 is 9.52 Å². The third kappa shape index (κ3) is 2.80. The summed E-state index contributed by atoms with van der Waals surface area (Å²) in [5.74, 6) is 0.562. The minimum absolute atomic E-state index is 0.462. The van der Waals surface area contributed by atoms with Crippen LogP contribution in [0.25, 0.3) is 11.0 Å². The van der Waals surface area contributed by atoms with Gasteiger partial charge in [-0.2, -0.15) is 0 Å². The molecule has 0 aliphatic carbocycles. The van der Waals surface area contributed by atoms with Gasteiger partial charge in [0.05, 0.1) is 4.47 Å². The lowest BCUT2D eigenvalue weighted by Gasteiger charge is -2.07. The van der Waals surface area contributed by atoms with Crippen LogP contribution in [0.4, 0.5) is 0 Å². The summed E-state index contributed by atoms with van der Waals surface area (Å²) in [6.07, 6.45) is 3.23. The molecule has 0 aliphatic heterocycles. The molecule has 0 saturated carbocycles. The Morgan fingerprint density at radius 1 is 1.20 bits per heavy atom. The number of halogens is 2. The quantitative estimate of drug-likeness (QED) is 0.701. The van der Waals surface area contributed by atoms with E-state index in [-0.39, 0.29) is 0 Å². The zero-order chi connectivity index (χ0) is 14.1. The fraction of sp³-hybridized carbons (Fsp3) is 0.133. The van der Waals surface area contributed by atoms with Crippen molar-refractivity contribution in [3.05, 3.63) is 63.0 Å². The third-order valence-corrected chi connectivity index (χ3v) is 4.09. The van der Waals surface area contributed by atoms with Crippen molar-refractivity contribution in [2.75, 3.05) is 0 Å². The topological polar surface area (TPSA) is 46.3 Å². The number of hydrogen-bond donors (Lipinski definition) is 1. The standard InChI is InChI=1S/C15H11Br2NO2/c16-11-4-9(7-18-8-11)5-13(19)14-6-10-2-1-3-12(17)15(10)20-14/h1-4,6-8,13,19H,5H2. The molecule has 2 heterocycles.